The lowest BCUT2D eigenvalue weighted by atomic mass is 9.94. The maximum absolute atomic E-state index is 13.1. The van der Waals surface area contributed by atoms with Crippen molar-refractivity contribution in [3.63, 3.8) is 0 Å². The smallest absolute Gasteiger partial charge is 0.338 e. The Bertz CT molecular complexity index is 1070. The second-order valence-electron chi connectivity index (χ2n) is 8.71. The molecule has 8 heteroatoms. The van der Waals surface area contributed by atoms with Crippen LogP contribution in [-0.2, 0) is 9.53 Å². The van der Waals surface area contributed by atoms with Gasteiger partial charge < -0.3 is 25.0 Å². The van der Waals surface area contributed by atoms with Gasteiger partial charge in [-0.2, -0.15) is 0 Å². The molecule has 8 nitrogen and oxygen atoms in total. The molecule has 1 fully saturated rings. The van der Waals surface area contributed by atoms with E-state index in [1.54, 1.807) is 6.92 Å². The van der Waals surface area contributed by atoms with Gasteiger partial charge in [0.25, 0.3) is 0 Å². The highest BCUT2D eigenvalue weighted by Crippen LogP contribution is 2.34. The van der Waals surface area contributed by atoms with Crippen LogP contribution in [0.3, 0.4) is 0 Å². The van der Waals surface area contributed by atoms with Crippen LogP contribution in [0.2, 0.25) is 0 Å². The minimum absolute atomic E-state index is 0.249. The first-order chi connectivity index (χ1) is 17.0. The number of urea groups is 1. The Morgan fingerprint density at radius 1 is 1.00 bits per heavy atom. The predicted molar refractivity (Wildman–Crippen MR) is 136 cm³/mol. The molecule has 1 atom stereocenters. The fourth-order valence-electron chi connectivity index (χ4n) is 4.58. The number of carbonyl (C=O) groups is 2. The van der Waals surface area contributed by atoms with Gasteiger partial charge in [-0.3, -0.25) is 4.90 Å². The van der Waals surface area contributed by atoms with Crippen LogP contribution in [0.25, 0.3) is 0 Å². The third-order valence-electron chi connectivity index (χ3n) is 6.33. The molecule has 2 aliphatic rings. The summed E-state index contributed by atoms with van der Waals surface area (Å²) in [7, 11) is 0. The van der Waals surface area contributed by atoms with Gasteiger partial charge in [-0.05, 0) is 39.0 Å². The summed E-state index contributed by atoms with van der Waals surface area (Å²) >= 11 is 0. The number of amides is 2. The first kappa shape index (κ1) is 24.6. The molecule has 1 saturated heterocycles. The van der Waals surface area contributed by atoms with Crippen LogP contribution in [0.1, 0.15) is 31.0 Å². The molecule has 4 rings (SSSR count). The largest absolute Gasteiger partial charge is 0.494 e. The first-order valence-corrected chi connectivity index (χ1v) is 12.2. The molecule has 2 aliphatic heterocycles. The Morgan fingerprint density at radius 2 is 1.71 bits per heavy atom. The number of aryl methyl sites for hydroxylation is 1. The lowest BCUT2D eigenvalue weighted by molar-refractivity contribution is -0.139. The van der Waals surface area contributed by atoms with E-state index in [-0.39, 0.29) is 12.6 Å². The Labute approximate surface area is 206 Å². The van der Waals surface area contributed by atoms with Gasteiger partial charge in [0, 0.05) is 49.7 Å². The van der Waals surface area contributed by atoms with Crippen LogP contribution in [0.5, 0.6) is 5.75 Å². The van der Waals surface area contributed by atoms with E-state index in [1.165, 1.54) is 11.3 Å². The zero-order chi connectivity index (χ0) is 24.8. The molecule has 0 saturated carbocycles. The van der Waals surface area contributed by atoms with Crippen LogP contribution in [-0.4, -0.2) is 62.8 Å². The quantitative estimate of drug-likeness (QED) is 0.566. The number of nitrogens with one attached hydrogen (secondary N) is 2. The van der Waals surface area contributed by atoms with Crippen LogP contribution in [0.15, 0.2) is 59.8 Å². The second-order valence-corrected chi connectivity index (χ2v) is 8.71. The number of benzene rings is 2. The van der Waals surface area contributed by atoms with Crippen molar-refractivity contribution in [2.75, 3.05) is 50.8 Å². The molecule has 2 aromatic rings. The Balaban J connectivity index is 1.58. The summed E-state index contributed by atoms with van der Waals surface area (Å²) in [5, 5.41) is 5.79. The van der Waals surface area contributed by atoms with E-state index in [1.807, 2.05) is 31.2 Å². The Hall–Kier alpha value is -3.52. The summed E-state index contributed by atoms with van der Waals surface area (Å²) in [6, 6.07) is 15.0. The van der Waals surface area contributed by atoms with Gasteiger partial charge in [0.2, 0.25) is 0 Å². The molecule has 0 radical (unpaired) electrons. The highest BCUT2D eigenvalue weighted by atomic mass is 16.5. The number of hydrogen-bond acceptors (Lipinski definition) is 6. The van der Waals surface area contributed by atoms with E-state index < -0.39 is 12.0 Å². The molecular weight excluding hydrogens is 444 g/mol. The minimum atomic E-state index is -0.658. The maximum Gasteiger partial charge on any atom is 0.338 e. The van der Waals surface area contributed by atoms with E-state index in [2.05, 4.69) is 51.6 Å². The number of piperazine rings is 1. The predicted octanol–water partition coefficient (Wildman–Crippen LogP) is 3.39. The zero-order valence-electron chi connectivity index (χ0n) is 20.7. The summed E-state index contributed by atoms with van der Waals surface area (Å²) < 4.78 is 11.2. The summed E-state index contributed by atoms with van der Waals surface area (Å²) in [6.45, 7) is 10.3. The van der Waals surface area contributed by atoms with Crippen molar-refractivity contribution >= 4 is 17.7 Å². The van der Waals surface area contributed by atoms with Crippen molar-refractivity contribution in [2.24, 2.45) is 0 Å². The van der Waals surface area contributed by atoms with Gasteiger partial charge in [0.05, 0.1) is 24.8 Å². The van der Waals surface area contributed by atoms with Gasteiger partial charge in [-0.1, -0.05) is 35.9 Å². The lowest BCUT2D eigenvalue weighted by Gasteiger charge is -2.38. The highest BCUT2D eigenvalue weighted by Gasteiger charge is 2.36. The van der Waals surface area contributed by atoms with E-state index >= 15 is 0 Å². The second kappa shape index (κ2) is 11.3. The molecular formula is C27H34N4O4. The number of nitrogens with zero attached hydrogens (tertiary/aromatic N) is 2. The monoisotopic (exact) mass is 478 g/mol. The third-order valence-corrected chi connectivity index (χ3v) is 6.33. The number of rotatable bonds is 8. The van der Waals surface area contributed by atoms with Crippen molar-refractivity contribution in [3.05, 3.63) is 70.9 Å². The Morgan fingerprint density at radius 3 is 2.40 bits per heavy atom. The molecule has 2 N–H and O–H groups in total. The molecule has 2 aromatic carbocycles. The van der Waals surface area contributed by atoms with E-state index in [0.717, 1.165) is 31.7 Å². The lowest BCUT2D eigenvalue weighted by Crippen LogP contribution is -2.51. The molecule has 186 valence electrons. The summed E-state index contributed by atoms with van der Waals surface area (Å²) in [4.78, 5) is 30.4. The average molecular weight is 479 g/mol. The fraction of sp³-hybridized carbons (Fsp3) is 0.407. The average Bonchev–Trinajstić information content (AvgIpc) is 2.85. The van der Waals surface area contributed by atoms with Crippen molar-refractivity contribution in [2.45, 2.75) is 26.8 Å². The molecule has 0 unspecified atom stereocenters. The van der Waals surface area contributed by atoms with Crippen molar-refractivity contribution in [1.82, 2.24) is 15.5 Å². The number of esters is 1. The van der Waals surface area contributed by atoms with Gasteiger partial charge >= 0.3 is 12.0 Å². The molecule has 0 spiro atoms. The van der Waals surface area contributed by atoms with E-state index in [9.17, 15) is 9.59 Å². The number of anilines is 1. The van der Waals surface area contributed by atoms with Gasteiger partial charge in [0.15, 0.2) is 0 Å². The molecule has 0 aromatic heterocycles. The van der Waals surface area contributed by atoms with Gasteiger partial charge in [-0.25, -0.2) is 9.59 Å². The fourth-order valence-corrected chi connectivity index (χ4v) is 4.58. The van der Waals surface area contributed by atoms with Crippen molar-refractivity contribution in [1.29, 1.82) is 0 Å². The van der Waals surface area contributed by atoms with Crippen molar-refractivity contribution < 1.29 is 19.1 Å². The summed E-state index contributed by atoms with van der Waals surface area (Å²) in [5.74, 6) is 0.194. The number of hydrogen-bond donors (Lipinski definition) is 2. The zero-order valence-corrected chi connectivity index (χ0v) is 20.7. The SMILES string of the molecule is CCOC(=O)C1=C(CN2CCN(c3ccc(C)cc3)CC2)NC(=O)N[C@H]1c1ccccc1OCC. The number of para-hydroxylation sites is 1. The van der Waals surface area contributed by atoms with Crippen LogP contribution in [0.4, 0.5) is 10.5 Å². The van der Waals surface area contributed by atoms with Gasteiger partial charge in [0.1, 0.15) is 5.75 Å². The van der Waals surface area contributed by atoms with E-state index in [4.69, 9.17) is 9.47 Å². The molecule has 35 heavy (non-hydrogen) atoms. The van der Waals surface area contributed by atoms with Gasteiger partial charge in [-0.15, -0.1) is 0 Å². The maximum atomic E-state index is 13.1. The third kappa shape index (κ3) is 5.77. The standard InChI is InChI=1S/C27H34N4O4/c1-4-34-23-9-7-6-8-21(23)25-24(26(32)35-5-2)22(28-27(33)29-25)18-30-14-16-31(17-15-30)20-12-10-19(3)11-13-20/h6-13,25H,4-5,14-18H2,1-3H3,(H2,28,29,33)/t25-/m0/s1. The molecule has 2 amide bonds. The van der Waals surface area contributed by atoms with E-state index in [0.29, 0.717) is 30.2 Å². The normalized spacial score (nSPS) is 18.7. The molecule has 0 aliphatic carbocycles. The van der Waals surface area contributed by atoms with Crippen molar-refractivity contribution in [3.8, 4) is 5.75 Å². The minimum Gasteiger partial charge on any atom is -0.494 e. The molecule has 2 heterocycles. The highest BCUT2D eigenvalue weighted by molar-refractivity contribution is 5.95. The van der Waals surface area contributed by atoms with Crippen LogP contribution in [0, 0.1) is 6.92 Å². The first-order valence-electron chi connectivity index (χ1n) is 12.2. The Kier molecular flexibility index (Phi) is 7.92. The number of ether oxygens (including phenoxy) is 2. The van der Waals surface area contributed by atoms with Crippen LogP contribution >= 0.6 is 0 Å². The summed E-state index contributed by atoms with van der Waals surface area (Å²) in [6.07, 6.45) is 0. The topological polar surface area (TPSA) is 83.1 Å². The van der Waals surface area contributed by atoms with Crippen LogP contribution < -0.4 is 20.3 Å². The molecule has 0 bridgehead atoms. The number of carbonyl (C=O) groups excluding carboxylic acids is 2. The summed E-state index contributed by atoms with van der Waals surface area (Å²) in [5.41, 5.74) is 4.18.